The van der Waals surface area contributed by atoms with Crippen LogP contribution in [0.5, 0.6) is 0 Å². The Kier molecular flexibility index (Phi) is 3.41. The maximum atomic E-state index is 5.43. The number of fused-ring (bicyclic) bond motifs is 1. The zero-order chi connectivity index (χ0) is 11.4. The minimum absolute atomic E-state index is 0.704. The van der Waals surface area contributed by atoms with Gasteiger partial charge in [-0.25, -0.2) is 4.98 Å². The molecule has 0 radical (unpaired) electrons. The number of hydrogen-bond donors (Lipinski definition) is 2. The lowest BCUT2D eigenvalue weighted by atomic mass is 10.2. The Labute approximate surface area is 94.8 Å². The quantitative estimate of drug-likeness (QED) is 0.757. The van der Waals surface area contributed by atoms with E-state index in [9.17, 15) is 0 Å². The lowest BCUT2D eigenvalue weighted by molar-refractivity contribution is 0.561. The predicted octanol–water partition coefficient (Wildman–Crippen LogP) is 2.29. The van der Waals surface area contributed by atoms with Crippen molar-refractivity contribution in [2.45, 2.75) is 19.8 Å². The highest BCUT2D eigenvalue weighted by molar-refractivity contribution is 5.77. The molecule has 4 nitrogen and oxygen atoms in total. The molecular weight excluding hydrogens is 202 g/mol. The lowest BCUT2D eigenvalue weighted by Crippen LogP contribution is -2.05. The maximum absolute atomic E-state index is 5.43. The highest BCUT2D eigenvalue weighted by atomic mass is 16.3. The van der Waals surface area contributed by atoms with Crippen LogP contribution in [0.4, 0.5) is 5.69 Å². The van der Waals surface area contributed by atoms with Gasteiger partial charge in [0.25, 0.3) is 0 Å². The summed E-state index contributed by atoms with van der Waals surface area (Å²) in [4.78, 5) is 4.29. The van der Waals surface area contributed by atoms with Gasteiger partial charge in [0.1, 0.15) is 5.52 Å². The Hall–Kier alpha value is -1.55. The van der Waals surface area contributed by atoms with E-state index in [4.69, 9.17) is 10.2 Å². The highest BCUT2D eigenvalue weighted by Crippen LogP contribution is 2.19. The topological polar surface area (TPSA) is 64.1 Å². The van der Waals surface area contributed by atoms with Gasteiger partial charge in [-0.15, -0.1) is 0 Å². The summed E-state index contributed by atoms with van der Waals surface area (Å²) in [6.07, 6.45) is 2.14. The number of nitrogens with two attached hydrogens (primary N) is 1. The van der Waals surface area contributed by atoms with E-state index < -0.39 is 0 Å². The minimum Gasteiger partial charge on any atom is -0.441 e. The first-order valence-electron chi connectivity index (χ1n) is 5.61. The van der Waals surface area contributed by atoms with Crippen LogP contribution >= 0.6 is 0 Å². The number of aromatic nitrogens is 1. The predicted molar refractivity (Wildman–Crippen MR) is 65.5 cm³/mol. The van der Waals surface area contributed by atoms with Crippen LogP contribution < -0.4 is 11.1 Å². The summed E-state index contributed by atoms with van der Waals surface area (Å²) in [5.41, 5.74) is 8.26. The number of hydrogen-bond acceptors (Lipinski definition) is 4. The third kappa shape index (κ3) is 2.52. The van der Waals surface area contributed by atoms with E-state index in [1.165, 1.54) is 0 Å². The van der Waals surface area contributed by atoms with Crippen LogP contribution in [0.1, 0.15) is 18.7 Å². The molecule has 4 heteroatoms. The van der Waals surface area contributed by atoms with Crippen molar-refractivity contribution in [1.82, 2.24) is 4.98 Å². The van der Waals surface area contributed by atoms with E-state index in [0.29, 0.717) is 5.89 Å². The molecule has 2 aromatic rings. The van der Waals surface area contributed by atoms with E-state index in [-0.39, 0.29) is 0 Å². The molecule has 0 aliphatic heterocycles. The van der Waals surface area contributed by atoms with E-state index in [2.05, 4.69) is 10.3 Å². The second-order valence-corrected chi connectivity index (χ2v) is 3.84. The van der Waals surface area contributed by atoms with Gasteiger partial charge in [0.15, 0.2) is 11.5 Å². The number of oxazole rings is 1. The Morgan fingerprint density at radius 2 is 2.25 bits per heavy atom. The largest absolute Gasteiger partial charge is 0.441 e. The molecule has 0 saturated carbocycles. The molecule has 2 rings (SSSR count). The first-order chi connectivity index (χ1) is 7.79. The lowest BCUT2D eigenvalue weighted by Gasteiger charge is -2.04. The van der Waals surface area contributed by atoms with Gasteiger partial charge in [-0.1, -0.05) is 0 Å². The molecule has 0 aliphatic carbocycles. The van der Waals surface area contributed by atoms with Crippen molar-refractivity contribution in [3.8, 4) is 0 Å². The smallest absolute Gasteiger partial charge is 0.192 e. The number of nitrogens with one attached hydrogen (secondary N) is 1. The molecule has 1 aromatic heterocycles. The fraction of sp³-hybridized carbons (Fsp3) is 0.417. The summed E-state index contributed by atoms with van der Waals surface area (Å²) in [6.45, 7) is 3.55. The van der Waals surface area contributed by atoms with Crippen LogP contribution in [0, 0.1) is 6.92 Å². The van der Waals surface area contributed by atoms with Crippen LogP contribution in [-0.4, -0.2) is 18.1 Å². The standard InChI is InChI=1S/C12H17N3O/c1-9-15-11-8-10(4-5-12(11)16-9)14-7-3-2-6-13/h4-5,8,14H,2-3,6-7,13H2,1H3. The van der Waals surface area contributed by atoms with Crippen LogP contribution in [0.2, 0.25) is 0 Å². The summed E-state index contributed by atoms with van der Waals surface area (Å²) in [7, 11) is 0. The second kappa shape index (κ2) is 4.99. The van der Waals surface area contributed by atoms with Crippen LogP contribution in [0.25, 0.3) is 11.1 Å². The molecule has 3 N–H and O–H groups in total. The summed E-state index contributed by atoms with van der Waals surface area (Å²) in [6, 6.07) is 5.96. The summed E-state index contributed by atoms with van der Waals surface area (Å²) < 4.78 is 5.41. The maximum Gasteiger partial charge on any atom is 0.192 e. The fourth-order valence-corrected chi connectivity index (χ4v) is 1.65. The van der Waals surface area contributed by atoms with Gasteiger partial charge in [0, 0.05) is 19.2 Å². The van der Waals surface area contributed by atoms with Crippen molar-refractivity contribution in [1.29, 1.82) is 0 Å². The van der Waals surface area contributed by atoms with Gasteiger partial charge in [-0.3, -0.25) is 0 Å². The van der Waals surface area contributed by atoms with E-state index >= 15 is 0 Å². The van der Waals surface area contributed by atoms with Crippen molar-refractivity contribution in [3.63, 3.8) is 0 Å². The number of nitrogens with zero attached hydrogens (tertiary/aromatic N) is 1. The molecule has 0 fully saturated rings. The first kappa shape index (κ1) is 11.0. The summed E-state index contributed by atoms with van der Waals surface area (Å²) >= 11 is 0. The molecule has 16 heavy (non-hydrogen) atoms. The van der Waals surface area contributed by atoms with Crippen molar-refractivity contribution in [2.24, 2.45) is 5.73 Å². The molecule has 0 unspecified atom stereocenters. The zero-order valence-corrected chi connectivity index (χ0v) is 9.49. The third-order valence-electron chi connectivity index (χ3n) is 2.45. The molecule has 0 bridgehead atoms. The summed E-state index contributed by atoms with van der Waals surface area (Å²) in [5.74, 6) is 0.704. The van der Waals surface area contributed by atoms with Crippen molar-refractivity contribution < 1.29 is 4.42 Å². The third-order valence-corrected chi connectivity index (χ3v) is 2.45. The van der Waals surface area contributed by atoms with Gasteiger partial charge in [-0.2, -0.15) is 0 Å². The van der Waals surface area contributed by atoms with Crippen molar-refractivity contribution in [3.05, 3.63) is 24.1 Å². The fourth-order valence-electron chi connectivity index (χ4n) is 1.65. The SMILES string of the molecule is Cc1nc2cc(NCCCCN)ccc2o1. The number of unbranched alkanes of at least 4 members (excludes halogenated alkanes) is 1. The van der Waals surface area contributed by atoms with Gasteiger partial charge in [0.05, 0.1) is 0 Å². The van der Waals surface area contributed by atoms with Gasteiger partial charge < -0.3 is 15.5 Å². The average molecular weight is 219 g/mol. The summed E-state index contributed by atoms with van der Waals surface area (Å²) in [5, 5.41) is 3.34. The van der Waals surface area contributed by atoms with Crippen LogP contribution in [-0.2, 0) is 0 Å². The average Bonchev–Trinajstić information content (AvgIpc) is 2.64. The van der Waals surface area contributed by atoms with E-state index in [1.54, 1.807) is 0 Å². The Balaban J connectivity index is 2.02. The Morgan fingerprint density at radius 1 is 1.38 bits per heavy atom. The van der Waals surface area contributed by atoms with E-state index in [0.717, 1.165) is 42.7 Å². The molecule has 86 valence electrons. The number of rotatable bonds is 5. The second-order valence-electron chi connectivity index (χ2n) is 3.84. The Morgan fingerprint density at radius 3 is 3.06 bits per heavy atom. The Bertz CT molecular complexity index is 464. The molecule has 0 aliphatic rings. The minimum atomic E-state index is 0.704. The number of aryl methyl sites for hydroxylation is 1. The molecule has 0 spiro atoms. The van der Waals surface area contributed by atoms with Crippen molar-refractivity contribution in [2.75, 3.05) is 18.4 Å². The van der Waals surface area contributed by atoms with Gasteiger partial charge in [-0.05, 0) is 37.6 Å². The molecule has 1 aromatic carbocycles. The molecular formula is C12H17N3O. The van der Waals surface area contributed by atoms with Gasteiger partial charge in [0.2, 0.25) is 0 Å². The highest BCUT2D eigenvalue weighted by Gasteiger charge is 2.02. The molecule has 0 saturated heterocycles. The first-order valence-corrected chi connectivity index (χ1v) is 5.61. The van der Waals surface area contributed by atoms with Crippen LogP contribution in [0.3, 0.4) is 0 Å². The van der Waals surface area contributed by atoms with Gasteiger partial charge >= 0.3 is 0 Å². The van der Waals surface area contributed by atoms with Crippen molar-refractivity contribution >= 4 is 16.8 Å². The molecule has 0 atom stereocenters. The zero-order valence-electron chi connectivity index (χ0n) is 9.49. The number of anilines is 1. The number of benzene rings is 1. The molecule has 1 heterocycles. The molecule has 0 amide bonds. The van der Waals surface area contributed by atoms with E-state index in [1.807, 2.05) is 25.1 Å². The normalized spacial score (nSPS) is 10.9. The van der Waals surface area contributed by atoms with Crippen LogP contribution in [0.15, 0.2) is 22.6 Å². The monoisotopic (exact) mass is 219 g/mol.